The van der Waals surface area contributed by atoms with Gasteiger partial charge >= 0.3 is 13.1 Å². The molecule has 8 heteroatoms. The first kappa shape index (κ1) is 21.6. The highest BCUT2D eigenvalue weighted by Gasteiger charge is 2.33. The molecule has 1 unspecified atom stereocenters. The molecule has 0 spiro atoms. The summed E-state index contributed by atoms with van der Waals surface area (Å²) in [5.41, 5.74) is 2.92. The van der Waals surface area contributed by atoms with Crippen LogP contribution in [0.5, 0.6) is 0 Å². The summed E-state index contributed by atoms with van der Waals surface area (Å²) in [6.07, 6.45) is -1.06. The second-order valence-electron chi connectivity index (χ2n) is 7.53. The van der Waals surface area contributed by atoms with Gasteiger partial charge in [0, 0.05) is 11.1 Å². The van der Waals surface area contributed by atoms with Gasteiger partial charge < -0.3 is 19.7 Å². The number of hydrogen-bond donors (Lipinski definition) is 2. The molecule has 0 fully saturated rings. The smallest absolute Gasteiger partial charge is 0.440 e. The highest BCUT2D eigenvalue weighted by molar-refractivity contribution is 6.62. The summed E-state index contributed by atoms with van der Waals surface area (Å²) in [5.74, 6) is -1.41. The predicted molar refractivity (Wildman–Crippen MR) is 111 cm³/mol. The molecule has 7 nitrogen and oxygen atoms in total. The van der Waals surface area contributed by atoms with Gasteiger partial charge in [0.05, 0.1) is 6.61 Å². The summed E-state index contributed by atoms with van der Waals surface area (Å²) in [6.45, 7) is 5.58. The molecule has 2 N–H and O–H groups in total. The summed E-state index contributed by atoms with van der Waals surface area (Å²) in [6, 6.07) is 13.1. The zero-order valence-corrected chi connectivity index (χ0v) is 17.1. The van der Waals surface area contributed by atoms with Crippen LogP contribution in [0.15, 0.2) is 42.5 Å². The summed E-state index contributed by atoms with van der Waals surface area (Å²) < 4.78 is 10.6. The second-order valence-corrected chi connectivity index (χ2v) is 7.53. The molecule has 2 aromatic rings. The topological polar surface area (TPSA) is 109 Å². The number of rotatable bonds is 6. The Balaban J connectivity index is 1.77. The van der Waals surface area contributed by atoms with E-state index in [1.54, 1.807) is 63.2 Å². The Morgan fingerprint density at radius 2 is 1.93 bits per heavy atom. The fourth-order valence-corrected chi connectivity index (χ4v) is 3.46. The fraction of sp³-hybridized carbons (Fsp3) is 0.318. The number of esters is 1. The number of benzene rings is 2. The quantitative estimate of drug-likeness (QED) is 0.559. The molecule has 1 aliphatic rings. The van der Waals surface area contributed by atoms with Crippen molar-refractivity contribution in [3.8, 4) is 6.07 Å². The third kappa shape index (κ3) is 4.38. The van der Waals surface area contributed by atoms with E-state index in [0.717, 1.165) is 5.56 Å². The maximum Gasteiger partial charge on any atom is 0.492 e. The number of hydrogen-bond acceptors (Lipinski definition) is 6. The van der Waals surface area contributed by atoms with Gasteiger partial charge in [0.25, 0.3) is 5.91 Å². The molecule has 1 amide bonds. The average molecular weight is 406 g/mol. The minimum Gasteiger partial charge on any atom is -0.440 e. The number of carbonyl (C=O) groups excluding carboxylic acids is 2. The van der Waals surface area contributed by atoms with Crippen LogP contribution >= 0.6 is 0 Å². The molecule has 0 aliphatic carbocycles. The van der Waals surface area contributed by atoms with Crippen molar-refractivity contribution in [2.24, 2.45) is 5.92 Å². The molecular weight excluding hydrogens is 383 g/mol. The van der Waals surface area contributed by atoms with Crippen LogP contribution in [0.3, 0.4) is 0 Å². The van der Waals surface area contributed by atoms with Gasteiger partial charge in [-0.3, -0.25) is 4.79 Å². The van der Waals surface area contributed by atoms with Crippen molar-refractivity contribution in [3.63, 3.8) is 0 Å². The number of fused-ring (bicyclic) bond motifs is 1. The van der Waals surface area contributed by atoms with Gasteiger partial charge in [-0.2, -0.15) is 5.26 Å². The van der Waals surface area contributed by atoms with Crippen LogP contribution in [0.1, 0.15) is 47.0 Å². The highest BCUT2D eigenvalue weighted by Crippen LogP contribution is 2.20. The van der Waals surface area contributed by atoms with Gasteiger partial charge in [0.15, 0.2) is 0 Å². The number of nitrogens with one attached hydrogen (secondary N) is 1. The van der Waals surface area contributed by atoms with Gasteiger partial charge in [-0.1, -0.05) is 50.2 Å². The first-order chi connectivity index (χ1) is 14.3. The number of carbonyl (C=O) groups is 2. The zero-order valence-electron chi connectivity index (χ0n) is 17.1. The van der Waals surface area contributed by atoms with E-state index in [2.05, 4.69) is 5.32 Å². The average Bonchev–Trinajstić information content (AvgIpc) is 3.12. The normalized spacial score (nSPS) is 14.6. The van der Waals surface area contributed by atoms with Crippen LogP contribution in [0.25, 0.3) is 0 Å². The lowest BCUT2D eigenvalue weighted by molar-refractivity contribution is -0.150. The molecule has 0 radical (unpaired) electrons. The standard InChI is InChI=1S/C22H23BN2O5/c1-13(2)20(22(27)30-18(11-24)15-7-5-4-6-8-15)25-21(26)17-10-9-16-12-29-23(28)19(16)14(17)3/h4-10,13,18,20,28H,12H2,1-3H3,(H,25,26)/t18?,20-/m0/s1. The molecular formula is C22H23BN2O5. The van der Waals surface area contributed by atoms with Crippen LogP contribution in [-0.4, -0.2) is 30.1 Å². The Hall–Kier alpha value is -3.15. The Morgan fingerprint density at radius 3 is 2.57 bits per heavy atom. The molecule has 2 aromatic carbocycles. The van der Waals surface area contributed by atoms with E-state index in [4.69, 9.17) is 9.39 Å². The molecule has 0 bridgehead atoms. The summed E-state index contributed by atoms with van der Waals surface area (Å²) in [5, 5.41) is 22.1. The maximum atomic E-state index is 12.9. The van der Waals surface area contributed by atoms with Crippen LogP contribution < -0.4 is 10.8 Å². The van der Waals surface area contributed by atoms with Crippen molar-refractivity contribution in [1.29, 1.82) is 5.26 Å². The second kappa shape index (κ2) is 9.12. The zero-order chi connectivity index (χ0) is 21.8. The third-order valence-corrected chi connectivity index (χ3v) is 5.15. The van der Waals surface area contributed by atoms with E-state index in [1.807, 2.05) is 6.07 Å². The minimum atomic E-state index is -1.07. The Morgan fingerprint density at radius 1 is 1.23 bits per heavy atom. The van der Waals surface area contributed by atoms with Crippen molar-refractivity contribution in [2.75, 3.05) is 0 Å². The number of nitrogens with zero attached hydrogens (tertiary/aromatic N) is 1. The molecule has 30 heavy (non-hydrogen) atoms. The lowest BCUT2D eigenvalue weighted by atomic mass is 9.75. The minimum absolute atomic E-state index is 0.264. The molecule has 154 valence electrons. The molecule has 2 atom stereocenters. The summed E-state index contributed by atoms with van der Waals surface area (Å²) in [4.78, 5) is 25.7. The van der Waals surface area contributed by atoms with E-state index in [0.29, 0.717) is 22.2 Å². The number of ether oxygens (including phenoxy) is 1. The monoisotopic (exact) mass is 406 g/mol. The Kier molecular flexibility index (Phi) is 6.55. The molecule has 3 rings (SSSR count). The summed E-state index contributed by atoms with van der Waals surface area (Å²) >= 11 is 0. The van der Waals surface area contributed by atoms with Crippen molar-refractivity contribution in [3.05, 3.63) is 64.7 Å². The van der Waals surface area contributed by atoms with Crippen LogP contribution in [-0.2, 0) is 20.8 Å². The van der Waals surface area contributed by atoms with Crippen LogP contribution in [0.4, 0.5) is 0 Å². The lowest BCUT2D eigenvalue weighted by Gasteiger charge is -2.23. The van der Waals surface area contributed by atoms with Gasteiger partial charge in [0.1, 0.15) is 12.1 Å². The van der Waals surface area contributed by atoms with Crippen LogP contribution in [0, 0.1) is 24.2 Å². The number of amides is 1. The van der Waals surface area contributed by atoms with Gasteiger partial charge in [0.2, 0.25) is 6.10 Å². The first-order valence-electron chi connectivity index (χ1n) is 9.71. The van der Waals surface area contributed by atoms with Crippen molar-refractivity contribution < 1.29 is 24.0 Å². The van der Waals surface area contributed by atoms with E-state index < -0.39 is 31.1 Å². The molecule has 1 heterocycles. The fourth-order valence-electron chi connectivity index (χ4n) is 3.46. The molecule has 0 saturated carbocycles. The van der Waals surface area contributed by atoms with Crippen LogP contribution in [0.2, 0.25) is 0 Å². The van der Waals surface area contributed by atoms with Gasteiger partial charge in [-0.05, 0) is 35.5 Å². The van der Waals surface area contributed by atoms with Crippen molar-refractivity contribution >= 4 is 24.5 Å². The maximum absolute atomic E-state index is 12.9. The highest BCUT2D eigenvalue weighted by atomic mass is 16.5. The van der Waals surface area contributed by atoms with Crippen molar-refractivity contribution in [1.82, 2.24) is 5.32 Å². The lowest BCUT2D eigenvalue weighted by Crippen LogP contribution is -2.46. The Labute approximate surface area is 175 Å². The predicted octanol–water partition coefficient (Wildman–Crippen LogP) is 1.78. The molecule has 1 aliphatic heterocycles. The van der Waals surface area contributed by atoms with Gasteiger partial charge in [-0.15, -0.1) is 0 Å². The van der Waals surface area contributed by atoms with E-state index in [-0.39, 0.29) is 12.5 Å². The molecule has 0 saturated heterocycles. The van der Waals surface area contributed by atoms with Crippen molar-refractivity contribution in [2.45, 2.75) is 39.5 Å². The van der Waals surface area contributed by atoms with E-state index in [1.165, 1.54) is 0 Å². The first-order valence-corrected chi connectivity index (χ1v) is 9.71. The number of nitriles is 1. The van der Waals surface area contributed by atoms with E-state index >= 15 is 0 Å². The SMILES string of the molecule is Cc1c(C(=O)N[C@H](C(=O)OC(C#N)c2ccccc2)C(C)C)ccc2c1B(O)OC2. The van der Waals surface area contributed by atoms with E-state index in [9.17, 15) is 19.9 Å². The van der Waals surface area contributed by atoms with Gasteiger partial charge in [-0.25, -0.2) is 4.79 Å². The largest absolute Gasteiger partial charge is 0.492 e. The third-order valence-electron chi connectivity index (χ3n) is 5.15. The Bertz CT molecular complexity index is 987. The summed E-state index contributed by atoms with van der Waals surface area (Å²) in [7, 11) is -1.07. The molecule has 0 aromatic heterocycles.